The van der Waals surface area contributed by atoms with Crippen LogP contribution in [0.15, 0.2) is 48.6 Å². The average molecular weight is 422 g/mol. The summed E-state index contributed by atoms with van der Waals surface area (Å²) in [6, 6.07) is 10.7. The third kappa shape index (κ3) is 4.14. The number of ketones is 1. The molecule has 2 aromatic rings. The summed E-state index contributed by atoms with van der Waals surface area (Å²) in [5.74, 6) is -0.273. The Bertz CT molecular complexity index is 1040. The zero-order valence-electron chi connectivity index (χ0n) is 18.1. The van der Waals surface area contributed by atoms with Crippen LogP contribution in [0.5, 0.6) is 5.75 Å². The summed E-state index contributed by atoms with van der Waals surface area (Å²) in [4.78, 5) is 24.4. The lowest BCUT2D eigenvalue weighted by molar-refractivity contribution is -0.147. The van der Waals surface area contributed by atoms with E-state index < -0.39 is 5.82 Å². The number of allylic oxidation sites excluding steroid dienone is 1. The number of fused-ring (bicyclic) bond motifs is 3. The highest BCUT2D eigenvalue weighted by Gasteiger charge is 2.50. The van der Waals surface area contributed by atoms with Gasteiger partial charge < -0.3 is 9.47 Å². The molecule has 162 valence electrons. The normalized spacial score (nSPS) is 24.0. The van der Waals surface area contributed by atoms with Gasteiger partial charge in [0.25, 0.3) is 0 Å². The molecule has 31 heavy (non-hydrogen) atoms. The van der Waals surface area contributed by atoms with Crippen LogP contribution in [0.25, 0.3) is 0 Å². The molecule has 4 atom stereocenters. The van der Waals surface area contributed by atoms with E-state index in [0.717, 1.165) is 24.2 Å². The molecule has 1 aliphatic heterocycles. The Labute approximate surface area is 182 Å². The van der Waals surface area contributed by atoms with E-state index in [-0.39, 0.29) is 35.8 Å². The molecular formula is C26H27FO4. The molecule has 4 rings (SSSR count). The Morgan fingerprint density at radius 2 is 2.06 bits per heavy atom. The van der Waals surface area contributed by atoms with Crippen molar-refractivity contribution in [2.45, 2.75) is 58.2 Å². The van der Waals surface area contributed by atoms with Gasteiger partial charge in [0.2, 0.25) is 0 Å². The van der Waals surface area contributed by atoms with Gasteiger partial charge in [-0.2, -0.15) is 0 Å². The highest BCUT2D eigenvalue weighted by Crippen LogP contribution is 2.52. The van der Waals surface area contributed by atoms with E-state index in [1.54, 1.807) is 19.1 Å². The van der Waals surface area contributed by atoms with Crippen LogP contribution in [0.4, 0.5) is 4.39 Å². The van der Waals surface area contributed by atoms with Crippen LogP contribution in [-0.4, -0.2) is 24.0 Å². The van der Waals surface area contributed by atoms with Crippen LogP contribution < -0.4 is 4.74 Å². The smallest absolute Gasteiger partial charge is 0.302 e. The second-order valence-corrected chi connectivity index (χ2v) is 8.42. The van der Waals surface area contributed by atoms with Gasteiger partial charge in [0.1, 0.15) is 23.8 Å². The van der Waals surface area contributed by atoms with Gasteiger partial charge in [0.15, 0.2) is 5.78 Å². The summed E-state index contributed by atoms with van der Waals surface area (Å²) in [5, 5.41) is 0. The summed E-state index contributed by atoms with van der Waals surface area (Å²) in [7, 11) is 0. The largest absolute Gasteiger partial charge is 0.489 e. The predicted octanol–water partition coefficient (Wildman–Crippen LogP) is 5.32. The maximum absolute atomic E-state index is 13.9. The molecule has 1 fully saturated rings. The molecule has 4 nitrogen and oxygen atoms in total. The summed E-state index contributed by atoms with van der Waals surface area (Å²) in [5.41, 5.74) is 3.09. The van der Waals surface area contributed by atoms with Crippen molar-refractivity contribution < 1.29 is 23.5 Å². The zero-order valence-corrected chi connectivity index (χ0v) is 18.1. The van der Waals surface area contributed by atoms with Crippen molar-refractivity contribution >= 4 is 11.8 Å². The van der Waals surface area contributed by atoms with E-state index in [0.29, 0.717) is 17.5 Å². The first-order chi connectivity index (χ1) is 14.9. The van der Waals surface area contributed by atoms with Gasteiger partial charge in [-0.15, -0.1) is 0 Å². The van der Waals surface area contributed by atoms with Gasteiger partial charge in [-0.3, -0.25) is 9.59 Å². The van der Waals surface area contributed by atoms with Crippen LogP contribution in [-0.2, 0) is 16.0 Å². The number of carbonyl (C=O) groups is 2. The molecule has 0 radical (unpaired) electrons. The lowest BCUT2D eigenvalue weighted by Crippen LogP contribution is -2.22. The molecule has 1 aliphatic carbocycles. The number of aryl methyl sites for hydroxylation is 2. The van der Waals surface area contributed by atoms with E-state index in [1.807, 2.05) is 12.1 Å². The lowest BCUT2D eigenvalue weighted by Gasteiger charge is -2.21. The highest BCUT2D eigenvalue weighted by atomic mass is 19.1. The average Bonchev–Trinajstić information content (AvgIpc) is 3.24. The van der Waals surface area contributed by atoms with Crippen molar-refractivity contribution in [1.82, 2.24) is 0 Å². The fourth-order valence-corrected chi connectivity index (χ4v) is 4.79. The second-order valence-electron chi connectivity index (χ2n) is 8.42. The molecule has 0 saturated heterocycles. The van der Waals surface area contributed by atoms with Gasteiger partial charge in [0, 0.05) is 36.3 Å². The molecule has 0 spiro atoms. The fraction of sp³-hybridized carbons (Fsp3) is 0.385. The van der Waals surface area contributed by atoms with E-state index in [9.17, 15) is 14.0 Å². The van der Waals surface area contributed by atoms with Crippen LogP contribution in [0, 0.1) is 18.7 Å². The standard InChI is InChI=1S/C26H27FO4/c1-4-6-17-7-5-8-20-25-19(23(30-16(3)28)14-24(25)31-26(17)20)11-12-22(29)18-10-9-15(2)21(27)13-18/h5,7-13,19,23-25H,4,6,14H2,1-3H3/b12-11+/t19?,23-,24+,25+/m1/s1. The Balaban J connectivity index is 1.64. The minimum atomic E-state index is -0.403. The molecule has 2 aliphatic rings. The molecular weight excluding hydrogens is 395 g/mol. The first-order valence-corrected chi connectivity index (χ1v) is 10.8. The Morgan fingerprint density at radius 3 is 2.77 bits per heavy atom. The number of esters is 1. The third-order valence-electron chi connectivity index (χ3n) is 6.23. The quantitative estimate of drug-likeness (QED) is 0.359. The molecule has 2 aromatic carbocycles. The molecule has 0 aromatic heterocycles. The number of hydrogen-bond acceptors (Lipinski definition) is 4. The Kier molecular flexibility index (Phi) is 5.94. The van der Waals surface area contributed by atoms with Crippen LogP contribution >= 0.6 is 0 Å². The molecule has 0 bridgehead atoms. The summed E-state index contributed by atoms with van der Waals surface area (Å²) >= 11 is 0. The predicted molar refractivity (Wildman–Crippen MR) is 116 cm³/mol. The number of ether oxygens (including phenoxy) is 2. The summed E-state index contributed by atoms with van der Waals surface area (Å²) < 4.78 is 25.8. The van der Waals surface area contributed by atoms with Crippen molar-refractivity contribution in [1.29, 1.82) is 0 Å². The first kappa shape index (κ1) is 21.3. The summed E-state index contributed by atoms with van der Waals surface area (Å²) in [6.45, 7) is 5.19. The fourth-order valence-electron chi connectivity index (χ4n) is 4.79. The number of carbonyl (C=O) groups excluding carboxylic acids is 2. The van der Waals surface area contributed by atoms with Crippen molar-refractivity contribution in [3.63, 3.8) is 0 Å². The van der Waals surface area contributed by atoms with Gasteiger partial charge in [-0.05, 0) is 36.6 Å². The Morgan fingerprint density at radius 1 is 1.26 bits per heavy atom. The van der Waals surface area contributed by atoms with Crippen LogP contribution in [0.2, 0.25) is 0 Å². The van der Waals surface area contributed by atoms with Gasteiger partial charge in [-0.25, -0.2) is 4.39 Å². The monoisotopic (exact) mass is 422 g/mol. The molecule has 0 amide bonds. The lowest BCUT2D eigenvalue weighted by atomic mass is 9.86. The van der Waals surface area contributed by atoms with E-state index in [2.05, 4.69) is 19.1 Å². The first-order valence-electron chi connectivity index (χ1n) is 10.8. The minimum Gasteiger partial charge on any atom is -0.489 e. The number of rotatable bonds is 6. The number of hydrogen-bond donors (Lipinski definition) is 0. The minimum absolute atomic E-state index is 0.00922. The van der Waals surface area contributed by atoms with Gasteiger partial charge in [0.05, 0.1) is 0 Å². The molecule has 1 saturated carbocycles. The third-order valence-corrected chi connectivity index (χ3v) is 6.23. The zero-order chi connectivity index (χ0) is 22.1. The number of para-hydroxylation sites is 1. The van der Waals surface area contributed by atoms with E-state index >= 15 is 0 Å². The SMILES string of the molecule is CCCc1cccc2c1O[C@H]1C[C@@H](OC(C)=O)C(/C=C/C(=O)c3ccc(C)c(F)c3)[C@@H]21. The topological polar surface area (TPSA) is 52.6 Å². The molecule has 1 unspecified atom stereocenters. The molecule has 5 heteroatoms. The van der Waals surface area contributed by atoms with Crippen molar-refractivity contribution in [2.24, 2.45) is 5.92 Å². The van der Waals surface area contributed by atoms with Gasteiger partial charge >= 0.3 is 5.97 Å². The van der Waals surface area contributed by atoms with Crippen molar-refractivity contribution in [2.75, 3.05) is 0 Å². The highest BCUT2D eigenvalue weighted by molar-refractivity contribution is 6.04. The summed E-state index contributed by atoms with van der Waals surface area (Å²) in [6.07, 6.45) is 5.36. The van der Waals surface area contributed by atoms with E-state index in [4.69, 9.17) is 9.47 Å². The number of benzene rings is 2. The maximum Gasteiger partial charge on any atom is 0.302 e. The molecule has 1 heterocycles. The number of halogens is 1. The van der Waals surface area contributed by atoms with E-state index in [1.165, 1.54) is 24.6 Å². The van der Waals surface area contributed by atoms with Crippen molar-refractivity contribution in [3.8, 4) is 5.75 Å². The molecule has 0 N–H and O–H groups in total. The Hall–Kier alpha value is -2.95. The van der Waals surface area contributed by atoms with Crippen LogP contribution in [0.3, 0.4) is 0 Å². The second kappa shape index (κ2) is 8.66. The maximum atomic E-state index is 13.9. The van der Waals surface area contributed by atoms with Crippen LogP contribution in [0.1, 0.15) is 59.7 Å². The van der Waals surface area contributed by atoms with Crippen molar-refractivity contribution in [3.05, 3.63) is 76.6 Å². The van der Waals surface area contributed by atoms with Gasteiger partial charge in [-0.1, -0.05) is 49.8 Å².